The molecule has 2 aromatic heterocycles. The first-order chi connectivity index (χ1) is 17.5. The molecule has 6 nitrogen and oxygen atoms in total. The first-order valence-corrected chi connectivity index (χ1v) is 11.9. The number of aromatic nitrogens is 4. The third kappa shape index (κ3) is 4.66. The fourth-order valence-corrected chi connectivity index (χ4v) is 4.23. The Kier molecular flexibility index (Phi) is 6.41. The zero-order chi connectivity index (χ0) is 25.1. The topological polar surface area (TPSA) is 60.4 Å². The van der Waals surface area contributed by atoms with Crippen LogP contribution in [-0.2, 0) is 0 Å². The SMILES string of the molecule is Cc1cccc(C)c1N=C(c1ccc(C(=Nc2c(C)cccc2C)n2cccn2)cc1)n1cccn1. The van der Waals surface area contributed by atoms with Crippen LogP contribution in [0, 0.1) is 27.7 Å². The van der Waals surface area contributed by atoms with Gasteiger partial charge < -0.3 is 0 Å². The molecule has 0 fully saturated rings. The van der Waals surface area contributed by atoms with Gasteiger partial charge >= 0.3 is 0 Å². The molecule has 0 aliphatic heterocycles. The number of benzene rings is 3. The van der Waals surface area contributed by atoms with Crippen molar-refractivity contribution < 1.29 is 0 Å². The Morgan fingerprint density at radius 1 is 0.528 bits per heavy atom. The summed E-state index contributed by atoms with van der Waals surface area (Å²) in [4.78, 5) is 10.1. The van der Waals surface area contributed by atoms with Crippen LogP contribution >= 0.6 is 0 Å². The van der Waals surface area contributed by atoms with E-state index in [0.29, 0.717) is 0 Å². The maximum atomic E-state index is 5.06. The van der Waals surface area contributed by atoms with Gasteiger partial charge in [-0.25, -0.2) is 19.3 Å². The molecule has 0 saturated heterocycles. The van der Waals surface area contributed by atoms with Gasteiger partial charge in [0.1, 0.15) is 0 Å². The second-order valence-corrected chi connectivity index (χ2v) is 8.83. The van der Waals surface area contributed by atoms with Gasteiger partial charge in [0.05, 0.1) is 11.4 Å². The molecule has 0 N–H and O–H groups in total. The van der Waals surface area contributed by atoms with Crippen LogP contribution in [0.25, 0.3) is 0 Å². The second-order valence-electron chi connectivity index (χ2n) is 8.83. The predicted molar refractivity (Wildman–Crippen MR) is 146 cm³/mol. The largest absolute Gasteiger partial charge is 0.228 e. The molecule has 5 aromatic rings. The lowest BCUT2D eigenvalue weighted by Gasteiger charge is -2.13. The monoisotopic (exact) mass is 472 g/mol. The molecule has 0 aliphatic rings. The molecule has 36 heavy (non-hydrogen) atoms. The Labute approximate surface area is 211 Å². The van der Waals surface area contributed by atoms with E-state index in [1.54, 1.807) is 21.8 Å². The van der Waals surface area contributed by atoms with Crippen molar-refractivity contribution in [3.63, 3.8) is 0 Å². The van der Waals surface area contributed by atoms with Crippen molar-refractivity contribution >= 4 is 23.0 Å². The van der Waals surface area contributed by atoms with Crippen LogP contribution in [0.15, 0.2) is 108 Å². The first kappa shape index (κ1) is 23.2. The van der Waals surface area contributed by atoms with Gasteiger partial charge in [-0.2, -0.15) is 10.2 Å². The summed E-state index contributed by atoms with van der Waals surface area (Å²) < 4.78 is 3.61. The van der Waals surface area contributed by atoms with Gasteiger partial charge in [0.2, 0.25) is 0 Å². The molecular weight excluding hydrogens is 444 g/mol. The molecule has 0 atom stereocenters. The van der Waals surface area contributed by atoms with Gasteiger partial charge in [0.15, 0.2) is 11.7 Å². The third-order valence-electron chi connectivity index (χ3n) is 6.16. The minimum absolute atomic E-state index is 0.760. The van der Waals surface area contributed by atoms with E-state index in [2.05, 4.69) is 98.6 Å². The fraction of sp³-hybridized carbons (Fsp3) is 0.133. The summed E-state index contributed by atoms with van der Waals surface area (Å²) >= 11 is 0. The van der Waals surface area contributed by atoms with Crippen LogP contribution in [0.5, 0.6) is 0 Å². The van der Waals surface area contributed by atoms with Crippen molar-refractivity contribution in [1.29, 1.82) is 0 Å². The Morgan fingerprint density at radius 2 is 0.889 bits per heavy atom. The summed E-state index contributed by atoms with van der Waals surface area (Å²) in [6.07, 6.45) is 7.36. The van der Waals surface area contributed by atoms with Gasteiger partial charge in [-0.3, -0.25) is 0 Å². The summed E-state index contributed by atoms with van der Waals surface area (Å²) in [5, 5.41) is 8.94. The quantitative estimate of drug-likeness (QED) is 0.219. The van der Waals surface area contributed by atoms with E-state index in [0.717, 1.165) is 56.4 Å². The van der Waals surface area contributed by atoms with Gasteiger partial charge in [-0.1, -0.05) is 60.7 Å². The minimum atomic E-state index is 0.760. The van der Waals surface area contributed by atoms with Crippen LogP contribution in [0.4, 0.5) is 11.4 Å². The van der Waals surface area contributed by atoms with Gasteiger partial charge in [-0.15, -0.1) is 0 Å². The summed E-state index contributed by atoms with van der Waals surface area (Å²) in [6.45, 7) is 8.32. The number of hydrogen-bond acceptors (Lipinski definition) is 4. The van der Waals surface area contributed by atoms with Gasteiger partial charge in [0.25, 0.3) is 0 Å². The molecule has 2 heterocycles. The third-order valence-corrected chi connectivity index (χ3v) is 6.16. The molecule has 0 spiro atoms. The second kappa shape index (κ2) is 9.96. The number of rotatable bonds is 4. The minimum Gasteiger partial charge on any atom is -0.228 e. The van der Waals surface area contributed by atoms with Crippen LogP contribution < -0.4 is 0 Å². The average molecular weight is 473 g/mol. The summed E-state index contributed by atoms with van der Waals surface area (Å²) in [5.41, 5.74) is 8.32. The highest BCUT2D eigenvalue weighted by Gasteiger charge is 2.13. The molecule has 0 amide bonds. The zero-order valence-electron chi connectivity index (χ0n) is 20.9. The van der Waals surface area contributed by atoms with Crippen molar-refractivity contribution in [2.45, 2.75) is 27.7 Å². The summed E-state index contributed by atoms with van der Waals surface area (Å²) in [7, 11) is 0. The van der Waals surface area contributed by atoms with Crippen molar-refractivity contribution in [3.8, 4) is 0 Å². The number of para-hydroxylation sites is 2. The van der Waals surface area contributed by atoms with E-state index in [-0.39, 0.29) is 0 Å². The Hall–Kier alpha value is -4.58. The first-order valence-electron chi connectivity index (χ1n) is 11.9. The van der Waals surface area contributed by atoms with Gasteiger partial charge in [0, 0.05) is 35.9 Å². The maximum Gasteiger partial charge on any atom is 0.161 e. The highest BCUT2D eigenvalue weighted by atomic mass is 15.3. The normalized spacial score (nSPS) is 12.2. The molecule has 5 rings (SSSR count). The molecule has 0 saturated carbocycles. The van der Waals surface area contributed by atoms with E-state index in [9.17, 15) is 0 Å². The van der Waals surface area contributed by atoms with Gasteiger partial charge in [-0.05, 0) is 62.1 Å². The summed E-state index contributed by atoms with van der Waals surface area (Å²) in [6, 6.07) is 24.5. The number of nitrogens with zero attached hydrogens (tertiary/aromatic N) is 6. The molecule has 6 heteroatoms. The molecule has 0 bridgehead atoms. The Balaban J connectivity index is 1.61. The highest BCUT2D eigenvalue weighted by Crippen LogP contribution is 2.26. The van der Waals surface area contributed by atoms with Crippen molar-refractivity contribution in [3.05, 3.63) is 131 Å². The number of aliphatic imine (C=N–C) groups is 2. The fourth-order valence-electron chi connectivity index (χ4n) is 4.23. The average Bonchev–Trinajstić information content (AvgIpc) is 3.59. The Morgan fingerprint density at radius 3 is 1.19 bits per heavy atom. The molecule has 3 aromatic carbocycles. The van der Waals surface area contributed by atoms with Crippen molar-refractivity contribution in [1.82, 2.24) is 19.6 Å². The van der Waals surface area contributed by atoms with E-state index in [1.165, 1.54) is 0 Å². The zero-order valence-corrected chi connectivity index (χ0v) is 20.9. The van der Waals surface area contributed by atoms with E-state index >= 15 is 0 Å². The van der Waals surface area contributed by atoms with E-state index < -0.39 is 0 Å². The smallest absolute Gasteiger partial charge is 0.161 e. The van der Waals surface area contributed by atoms with Crippen molar-refractivity contribution in [2.75, 3.05) is 0 Å². The highest BCUT2D eigenvalue weighted by molar-refractivity contribution is 6.04. The summed E-state index contributed by atoms with van der Waals surface area (Å²) in [5.74, 6) is 1.52. The predicted octanol–water partition coefficient (Wildman–Crippen LogP) is 6.57. The molecule has 0 aliphatic carbocycles. The lowest BCUT2D eigenvalue weighted by atomic mass is 10.1. The number of aryl methyl sites for hydroxylation is 4. The van der Waals surface area contributed by atoms with Crippen LogP contribution in [0.3, 0.4) is 0 Å². The number of hydrogen-bond donors (Lipinski definition) is 0. The van der Waals surface area contributed by atoms with Crippen LogP contribution in [0.1, 0.15) is 33.4 Å². The standard InChI is InChI=1S/C30H28N6/c1-21-9-5-10-22(2)27(21)33-29(35-19-7-17-31-35)25-13-15-26(16-14-25)30(36-20-8-18-32-36)34-28-23(3)11-6-12-24(28)4/h5-20H,1-4H3. The molecule has 0 radical (unpaired) electrons. The molecule has 178 valence electrons. The van der Waals surface area contributed by atoms with Crippen LogP contribution in [-0.4, -0.2) is 31.2 Å². The lowest BCUT2D eigenvalue weighted by Crippen LogP contribution is -2.16. The van der Waals surface area contributed by atoms with E-state index in [4.69, 9.17) is 9.98 Å². The Bertz CT molecular complexity index is 1380. The van der Waals surface area contributed by atoms with Crippen molar-refractivity contribution in [2.24, 2.45) is 9.98 Å². The van der Waals surface area contributed by atoms with Crippen LogP contribution in [0.2, 0.25) is 0 Å². The maximum absolute atomic E-state index is 5.06. The lowest BCUT2D eigenvalue weighted by molar-refractivity contribution is 0.929. The molecule has 0 unspecified atom stereocenters. The van der Waals surface area contributed by atoms with E-state index in [1.807, 2.05) is 24.5 Å². The molecular formula is C30H28N6.